The molecule has 8 nitrogen and oxygen atoms in total. The zero-order chi connectivity index (χ0) is 24.6. The van der Waals surface area contributed by atoms with Gasteiger partial charge in [-0.1, -0.05) is 36.4 Å². The SMILES string of the molecule is CC(c1ccccc1)n1c(Cc2csc(N3CCNC3=O)n2)nc2ccc(-c3ccc(=O)[nH]c3)cc21. The zero-order valence-corrected chi connectivity index (χ0v) is 20.5. The van der Waals surface area contributed by atoms with E-state index in [9.17, 15) is 9.59 Å². The number of nitrogens with zero attached hydrogens (tertiary/aromatic N) is 4. The Bertz CT molecular complexity index is 1600. The molecule has 0 aliphatic carbocycles. The van der Waals surface area contributed by atoms with Crippen LogP contribution >= 0.6 is 11.3 Å². The normalized spacial score (nSPS) is 14.4. The van der Waals surface area contributed by atoms with Gasteiger partial charge in [-0.2, -0.15) is 0 Å². The van der Waals surface area contributed by atoms with Crippen LogP contribution in [0.15, 0.2) is 77.0 Å². The maximum absolute atomic E-state index is 12.1. The van der Waals surface area contributed by atoms with Gasteiger partial charge < -0.3 is 14.9 Å². The maximum Gasteiger partial charge on any atom is 0.323 e. The molecule has 1 fully saturated rings. The lowest BCUT2D eigenvalue weighted by Gasteiger charge is -2.18. The van der Waals surface area contributed by atoms with E-state index in [1.54, 1.807) is 11.1 Å². The number of carbonyl (C=O) groups is 1. The lowest BCUT2D eigenvalue weighted by Crippen LogP contribution is -2.27. The smallest absolute Gasteiger partial charge is 0.323 e. The summed E-state index contributed by atoms with van der Waals surface area (Å²) in [4.78, 5) is 37.8. The second kappa shape index (κ2) is 9.09. The molecule has 0 bridgehead atoms. The number of aromatic amines is 1. The third-order valence-electron chi connectivity index (χ3n) is 6.52. The van der Waals surface area contributed by atoms with Crippen molar-refractivity contribution in [1.82, 2.24) is 24.8 Å². The Morgan fingerprint density at radius 2 is 1.86 bits per heavy atom. The molecule has 1 aliphatic rings. The Hall–Kier alpha value is -4.24. The van der Waals surface area contributed by atoms with Gasteiger partial charge >= 0.3 is 6.03 Å². The van der Waals surface area contributed by atoms with E-state index in [0.29, 0.717) is 24.6 Å². The van der Waals surface area contributed by atoms with E-state index in [0.717, 1.165) is 33.7 Å². The average molecular weight is 497 g/mol. The van der Waals surface area contributed by atoms with Crippen molar-refractivity contribution in [2.45, 2.75) is 19.4 Å². The third kappa shape index (κ3) is 4.07. The first-order chi connectivity index (χ1) is 17.6. The van der Waals surface area contributed by atoms with Gasteiger partial charge in [0.05, 0.1) is 22.8 Å². The van der Waals surface area contributed by atoms with Crippen molar-refractivity contribution in [3.8, 4) is 11.1 Å². The van der Waals surface area contributed by atoms with Crippen molar-refractivity contribution in [1.29, 1.82) is 0 Å². The van der Waals surface area contributed by atoms with Crippen LogP contribution in [0.25, 0.3) is 22.2 Å². The summed E-state index contributed by atoms with van der Waals surface area (Å²) in [6.07, 6.45) is 2.28. The molecule has 9 heteroatoms. The molecular weight excluding hydrogens is 472 g/mol. The number of nitrogens with one attached hydrogen (secondary N) is 2. The van der Waals surface area contributed by atoms with E-state index in [1.165, 1.54) is 23.0 Å². The fraction of sp³-hybridized carbons (Fsp3) is 0.185. The van der Waals surface area contributed by atoms with Gasteiger partial charge in [-0.25, -0.2) is 14.8 Å². The number of hydrogen-bond acceptors (Lipinski definition) is 5. The predicted molar refractivity (Wildman–Crippen MR) is 142 cm³/mol. The topological polar surface area (TPSA) is 95.9 Å². The average Bonchev–Trinajstić information content (AvgIpc) is 3.62. The summed E-state index contributed by atoms with van der Waals surface area (Å²) in [6.45, 7) is 3.44. The van der Waals surface area contributed by atoms with Crippen LogP contribution in [0, 0.1) is 0 Å². The molecule has 2 amide bonds. The van der Waals surface area contributed by atoms with Gasteiger partial charge in [0.15, 0.2) is 5.13 Å². The molecule has 180 valence electrons. The molecule has 1 aliphatic heterocycles. The number of anilines is 1. The summed E-state index contributed by atoms with van der Waals surface area (Å²) < 4.78 is 2.27. The van der Waals surface area contributed by atoms with Crippen molar-refractivity contribution < 1.29 is 4.79 Å². The first-order valence-corrected chi connectivity index (χ1v) is 12.7. The molecule has 1 saturated heterocycles. The summed E-state index contributed by atoms with van der Waals surface area (Å²) in [7, 11) is 0. The van der Waals surface area contributed by atoms with Crippen LogP contribution in [0.1, 0.15) is 30.0 Å². The molecule has 1 unspecified atom stereocenters. The van der Waals surface area contributed by atoms with Crippen molar-refractivity contribution in [2.75, 3.05) is 18.0 Å². The quantitative estimate of drug-likeness (QED) is 0.360. The van der Waals surface area contributed by atoms with E-state index >= 15 is 0 Å². The number of hydrogen-bond donors (Lipinski definition) is 2. The summed E-state index contributed by atoms with van der Waals surface area (Å²) >= 11 is 1.48. The second-order valence-corrected chi connectivity index (χ2v) is 9.65. The maximum atomic E-state index is 12.1. The highest BCUT2D eigenvalue weighted by Gasteiger charge is 2.25. The standard InChI is InChI=1S/C27H24N6O2S/c1-17(18-5-3-2-4-6-18)33-23-13-19(20-8-10-25(34)29-15-20)7-9-22(23)31-24(33)14-21-16-36-27(30-21)32-12-11-28-26(32)35/h2-10,13,15-17H,11-12,14H2,1H3,(H,28,35)(H,29,34). The van der Waals surface area contributed by atoms with E-state index in [1.807, 2.05) is 41.8 Å². The molecule has 0 spiro atoms. The highest BCUT2D eigenvalue weighted by atomic mass is 32.1. The number of carbonyl (C=O) groups excluding carboxylic acids is 1. The summed E-state index contributed by atoms with van der Waals surface area (Å²) in [5.74, 6) is 0.905. The first-order valence-electron chi connectivity index (χ1n) is 11.8. The molecule has 5 aromatic rings. The third-order valence-corrected chi connectivity index (χ3v) is 7.43. The minimum absolute atomic E-state index is 0.0412. The van der Waals surface area contributed by atoms with Crippen LogP contribution < -0.4 is 15.8 Å². The van der Waals surface area contributed by atoms with Crippen LogP contribution in [0.5, 0.6) is 0 Å². The van der Waals surface area contributed by atoms with Gasteiger partial charge in [-0.05, 0) is 41.8 Å². The van der Waals surface area contributed by atoms with Gasteiger partial charge in [0.1, 0.15) is 5.82 Å². The summed E-state index contributed by atoms with van der Waals surface area (Å²) in [6, 6.07) is 19.8. The fourth-order valence-corrected chi connectivity index (χ4v) is 5.52. The van der Waals surface area contributed by atoms with Gasteiger partial charge in [0.25, 0.3) is 0 Å². The van der Waals surface area contributed by atoms with Crippen LogP contribution in [0.4, 0.5) is 9.93 Å². The molecular formula is C27H24N6O2S. The Morgan fingerprint density at radius 1 is 1.03 bits per heavy atom. The Kier molecular flexibility index (Phi) is 5.61. The fourth-order valence-electron chi connectivity index (χ4n) is 4.67. The molecule has 36 heavy (non-hydrogen) atoms. The zero-order valence-electron chi connectivity index (χ0n) is 19.6. The number of pyridine rings is 1. The number of aromatic nitrogens is 4. The molecule has 0 saturated carbocycles. The van der Waals surface area contributed by atoms with Gasteiger partial charge in [-0.15, -0.1) is 11.3 Å². The number of rotatable bonds is 6. The highest BCUT2D eigenvalue weighted by Crippen LogP contribution is 2.31. The molecule has 6 rings (SSSR count). The number of thiazole rings is 1. The highest BCUT2D eigenvalue weighted by molar-refractivity contribution is 7.14. The lowest BCUT2D eigenvalue weighted by molar-refractivity contribution is 0.252. The number of benzene rings is 2. The van der Waals surface area contributed by atoms with Crippen LogP contribution in [-0.2, 0) is 6.42 Å². The van der Waals surface area contributed by atoms with Crippen LogP contribution in [-0.4, -0.2) is 38.6 Å². The molecule has 3 aromatic heterocycles. The number of H-pyrrole nitrogens is 1. The molecule has 4 heterocycles. The number of imidazole rings is 1. The number of fused-ring (bicyclic) bond motifs is 1. The monoisotopic (exact) mass is 496 g/mol. The van der Waals surface area contributed by atoms with Crippen molar-refractivity contribution in [3.05, 3.63) is 99.7 Å². The Morgan fingerprint density at radius 3 is 2.61 bits per heavy atom. The van der Waals surface area contributed by atoms with Crippen molar-refractivity contribution >= 4 is 33.5 Å². The van der Waals surface area contributed by atoms with Gasteiger partial charge in [0.2, 0.25) is 5.56 Å². The minimum Gasteiger partial charge on any atom is -0.336 e. The number of amides is 2. The predicted octanol–water partition coefficient (Wildman–Crippen LogP) is 4.58. The van der Waals surface area contributed by atoms with E-state index in [4.69, 9.17) is 9.97 Å². The van der Waals surface area contributed by atoms with Gasteiger partial charge in [0, 0.05) is 37.2 Å². The van der Waals surface area contributed by atoms with Gasteiger partial charge in [-0.3, -0.25) is 9.69 Å². The van der Waals surface area contributed by atoms with Crippen molar-refractivity contribution in [3.63, 3.8) is 0 Å². The van der Waals surface area contributed by atoms with Crippen LogP contribution in [0.3, 0.4) is 0 Å². The van der Waals surface area contributed by atoms with Crippen molar-refractivity contribution in [2.24, 2.45) is 0 Å². The van der Waals surface area contributed by atoms with E-state index in [-0.39, 0.29) is 17.6 Å². The van der Waals surface area contributed by atoms with E-state index in [2.05, 4.69) is 40.0 Å². The van der Waals surface area contributed by atoms with Crippen LogP contribution in [0.2, 0.25) is 0 Å². The number of urea groups is 1. The molecule has 0 radical (unpaired) electrons. The summed E-state index contributed by atoms with van der Waals surface area (Å²) in [5.41, 5.74) is 5.79. The Balaban J connectivity index is 1.43. The Labute approximate surface area is 211 Å². The molecule has 1 atom stereocenters. The summed E-state index contributed by atoms with van der Waals surface area (Å²) in [5, 5.41) is 5.54. The largest absolute Gasteiger partial charge is 0.336 e. The van der Waals surface area contributed by atoms with E-state index < -0.39 is 0 Å². The molecule has 2 aromatic carbocycles. The second-order valence-electron chi connectivity index (χ2n) is 8.81. The minimum atomic E-state index is -0.126. The molecule has 2 N–H and O–H groups in total. The lowest BCUT2D eigenvalue weighted by atomic mass is 10.1. The first kappa shape index (κ1) is 22.2.